The molecule has 104 valence electrons. The Balaban J connectivity index is 1.68. The van der Waals surface area contributed by atoms with Gasteiger partial charge < -0.3 is 5.32 Å². The Morgan fingerprint density at radius 2 is 2.11 bits per heavy atom. The van der Waals surface area contributed by atoms with Gasteiger partial charge in [-0.15, -0.1) is 0 Å². The standard InChI is InChI=1S/C15H21ClN2S/c1-11(2)9-14-10-18-15(19-14)17-8-7-12-3-5-13(16)6-4-12/h3-6,11,14H,7-10H2,1-2H3,(H,17,18). The maximum atomic E-state index is 5.87. The Morgan fingerprint density at radius 3 is 2.79 bits per heavy atom. The third kappa shape index (κ3) is 5.07. The lowest BCUT2D eigenvalue weighted by molar-refractivity contribution is 0.575. The Labute approximate surface area is 125 Å². The highest BCUT2D eigenvalue weighted by Crippen LogP contribution is 2.25. The molecule has 1 aromatic carbocycles. The molecule has 1 aliphatic rings. The Kier molecular flexibility index (Phi) is 5.59. The molecule has 1 atom stereocenters. The molecule has 0 saturated heterocycles. The van der Waals surface area contributed by atoms with Crippen molar-refractivity contribution < 1.29 is 0 Å². The third-order valence-electron chi connectivity index (χ3n) is 3.05. The SMILES string of the molecule is CC(C)CC1CN=C(NCCc2ccc(Cl)cc2)S1. The predicted molar refractivity (Wildman–Crippen MR) is 86.3 cm³/mol. The van der Waals surface area contributed by atoms with E-state index in [0.29, 0.717) is 5.25 Å². The number of benzene rings is 1. The van der Waals surface area contributed by atoms with Gasteiger partial charge in [-0.25, -0.2) is 0 Å². The molecule has 0 fully saturated rings. The molecule has 2 nitrogen and oxygen atoms in total. The summed E-state index contributed by atoms with van der Waals surface area (Å²) in [6.07, 6.45) is 2.25. The van der Waals surface area contributed by atoms with Crippen LogP contribution in [-0.4, -0.2) is 23.5 Å². The number of halogens is 1. The molecule has 0 bridgehead atoms. The summed E-state index contributed by atoms with van der Waals surface area (Å²) in [5.41, 5.74) is 1.30. The Hall–Kier alpha value is -0.670. The van der Waals surface area contributed by atoms with Crippen LogP contribution >= 0.6 is 23.4 Å². The van der Waals surface area contributed by atoms with E-state index in [9.17, 15) is 0 Å². The molecule has 1 aliphatic heterocycles. The second-order valence-electron chi connectivity index (χ2n) is 5.32. The Bertz CT molecular complexity index is 428. The van der Waals surface area contributed by atoms with E-state index in [-0.39, 0.29) is 0 Å². The van der Waals surface area contributed by atoms with E-state index in [4.69, 9.17) is 11.6 Å². The number of rotatable bonds is 5. The first kappa shape index (κ1) is 14.7. The molecule has 2 rings (SSSR count). The summed E-state index contributed by atoms with van der Waals surface area (Å²) < 4.78 is 0. The fourth-order valence-electron chi connectivity index (χ4n) is 2.13. The second-order valence-corrected chi connectivity index (χ2v) is 7.04. The first-order valence-corrected chi connectivity index (χ1v) is 8.08. The number of thioether (sulfide) groups is 1. The van der Waals surface area contributed by atoms with Crippen molar-refractivity contribution in [2.75, 3.05) is 13.1 Å². The smallest absolute Gasteiger partial charge is 0.156 e. The molecule has 0 saturated carbocycles. The van der Waals surface area contributed by atoms with E-state index in [1.165, 1.54) is 12.0 Å². The van der Waals surface area contributed by atoms with Crippen LogP contribution in [0.4, 0.5) is 0 Å². The normalized spacial score (nSPS) is 18.7. The minimum Gasteiger partial charge on any atom is -0.365 e. The molecular formula is C15H21ClN2S. The molecule has 0 aromatic heterocycles. The van der Waals surface area contributed by atoms with Gasteiger partial charge in [0.15, 0.2) is 5.17 Å². The van der Waals surface area contributed by atoms with Gasteiger partial charge in [-0.2, -0.15) is 0 Å². The highest BCUT2D eigenvalue weighted by molar-refractivity contribution is 8.14. The minimum absolute atomic E-state index is 0.665. The van der Waals surface area contributed by atoms with Crippen LogP contribution in [0, 0.1) is 5.92 Å². The summed E-state index contributed by atoms with van der Waals surface area (Å²) in [5.74, 6) is 0.751. The number of nitrogens with zero attached hydrogens (tertiary/aromatic N) is 1. The van der Waals surface area contributed by atoms with Crippen LogP contribution in [-0.2, 0) is 6.42 Å². The first-order valence-electron chi connectivity index (χ1n) is 6.83. The molecule has 0 radical (unpaired) electrons. The molecule has 0 spiro atoms. The lowest BCUT2D eigenvalue weighted by Crippen LogP contribution is -2.22. The van der Waals surface area contributed by atoms with Crippen LogP contribution in [0.2, 0.25) is 5.02 Å². The number of hydrogen-bond acceptors (Lipinski definition) is 3. The van der Waals surface area contributed by atoms with Gasteiger partial charge in [-0.1, -0.05) is 49.3 Å². The highest BCUT2D eigenvalue weighted by Gasteiger charge is 2.19. The summed E-state index contributed by atoms with van der Waals surface area (Å²) >= 11 is 7.76. The fourth-order valence-corrected chi connectivity index (χ4v) is 3.53. The minimum atomic E-state index is 0.665. The topological polar surface area (TPSA) is 24.4 Å². The average Bonchev–Trinajstić information content (AvgIpc) is 2.78. The molecule has 1 heterocycles. The van der Waals surface area contributed by atoms with Crippen LogP contribution in [0.25, 0.3) is 0 Å². The summed E-state index contributed by atoms with van der Waals surface area (Å²) in [4.78, 5) is 4.56. The monoisotopic (exact) mass is 296 g/mol. The van der Waals surface area contributed by atoms with Gasteiger partial charge in [0.25, 0.3) is 0 Å². The summed E-state index contributed by atoms with van der Waals surface area (Å²) in [5, 5.41) is 6.00. The highest BCUT2D eigenvalue weighted by atomic mass is 35.5. The van der Waals surface area contributed by atoms with Crippen molar-refractivity contribution in [2.24, 2.45) is 10.9 Å². The quantitative estimate of drug-likeness (QED) is 0.888. The molecule has 1 N–H and O–H groups in total. The fraction of sp³-hybridized carbons (Fsp3) is 0.533. The average molecular weight is 297 g/mol. The Morgan fingerprint density at radius 1 is 1.37 bits per heavy atom. The van der Waals surface area contributed by atoms with Crippen molar-refractivity contribution >= 4 is 28.5 Å². The van der Waals surface area contributed by atoms with E-state index in [2.05, 4.69) is 36.3 Å². The molecule has 1 unspecified atom stereocenters. The van der Waals surface area contributed by atoms with Crippen molar-refractivity contribution in [3.05, 3.63) is 34.9 Å². The van der Waals surface area contributed by atoms with E-state index >= 15 is 0 Å². The summed E-state index contributed by atoms with van der Waals surface area (Å²) in [7, 11) is 0. The maximum absolute atomic E-state index is 5.87. The zero-order valence-corrected chi connectivity index (χ0v) is 13.1. The van der Waals surface area contributed by atoms with Gasteiger partial charge in [0.05, 0.1) is 6.54 Å². The van der Waals surface area contributed by atoms with E-state index in [1.54, 1.807) is 0 Å². The number of amidine groups is 1. The van der Waals surface area contributed by atoms with Crippen LogP contribution in [0.1, 0.15) is 25.8 Å². The largest absolute Gasteiger partial charge is 0.365 e. The molecule has 1 aromatic rings. The number of hydrogen-bond donors (Lipinski definition) is 1. The van der Waals surface area contributed by atoms with Crippen molar-refractivity contribution in [1.29, 1.82) is 0 Å². The number of aliphatic imine (C=N–C) groups is 1. The second kappa shape index (κ2) is 7.20. The van der Waals surface area contributed by atoms with Gasteiger partial charge in [0.1, 0.15) is 0 Å². The third-order valence-corrected chi connectivity index (χ3v) is 4.48. The molecule has 0 aliphatic carbocycles. The molecule has 0 amide bonds. The molecule has 19 heavy (non-hydrogen) atoms. The lowest BCUT2D eigenvalue weighted by atomic mass is 10.1. The zero-order valence-electron chi connectivity index (χ0n) is 11.5. The van der Waals surface area contributed by atoms with Gasteiger partial charge >= 0.3 is 0 Å². The van der Waals surface area contributed by atoms with E-state index < -0.39 is 0 Å². The number of nitrogens with one attached hydrogen (secondary N) is 1. The zero-order chi connectivity index (χ0) is 13.7. The van der Waals surface area contributed by atoms with Crippen molar-refractivity contribution in [3.63, 3.8) is 0 Å². The molecular weight excluding hydrogens is 276 g/mol. The van der Waals surface area contributed by atoms with E-state index in [1.807, 2.05) is 23.9 Å². The first-order chi connectivity index (χ1) is 9.13. The maximum Gasteiger partial charge on any atom is 0.156 e. The van der Waals surface area contributed by atoms with Gasteiger partial charge in [-0.05, 0) is 36.5 Å². The predicted octanol–water partition coefficient (Wildman–Crippen LogP) is 3.99. The van der Waals surface area contributed by atoms with Crippen molar-refractivity contribution in [3.8, 4) is 0 Å². The summed E-state index contributed by atoms with van der Waals surface area (Å²) in [6.45, 7) is 6.44. The summed E-state index contributed by atoms with van der Waals surface area (Å²) in [6, 6.07) is 8.04. The van der Waals surface area contributed by atoms with Gasteiger partial charge in [0.2, 0.25) is 0 Å². The van der Waals surface area contributed by atoms with Crippen LogP contribution in [0.5, 0.6) is 0 Å². The van der Waals surface area contributed by atoms with Crippen LogP contribution in [0.3, 0.4) is 0 Å². The van der Waals surface area contributed by atoms with Gasteiger partial charge in [0, 0.05) is 16.8 Å². The van der Waals surface area contributed by atoms with Crippen molar-refractivity contribution in [2.45, 2.75) is 31.9 Å². The van der Waals surface area contributed by atoms with Crippen molar-refractivity contribution in [1.82, 2.24) is 5.32 Å². The van der Waals surface area contributed by atoms with Gasteiger partial charge in [-0.3, -0.25) is 4.99 Å². The van der Waals surface area contributed by atoms with Crippen LogP contribution < -0.4 is 5.32 Å². The van der Waals surface area contributed by atoms with E-state index in [0.717, 1.165) is 35.6 Å². The molecule has 4 heteroatoms. The van der Waals surface area contributed by atoms with Crippen LogP contribution in [0.15, 0.2) is 29.3 Å². The lowest BCUT2D eigenvalue weighted by Gasteiger charge is -2.11.